The van der Waals surface area contributed by atoms with Crippen molar-refractivity contribution < 1.29 is 32.0 Å². The van der Waals surface area contributed by atoms with Crippen LogP contribution in [0.2, 0.25) is 10.3 Å². The highest BCUT2D eigenvalue weighted by Crippen LogP contribution is 2.31. The zero-order chi connectivity index (χ0) is 53.5. The van der Waals surface area contributed by atoms with E-state index in [4.69, 9.17) is 83.1 Å². The molecule has 2 aromatic heterocycles. The van der Waals surface area contributed by atoms with Crippen LogP contribution in [0.15, 0.2) is 82.8 Å². The lowest BCUT2D eigenvalue weighted by Crippen LogP contribution is -2.20. The number of aromatic nitrogens is 4. The molecule has 17 N–H and O–H groups in total. The minimum absolute atomic E-state index is 0. The molecule has 0 fully saturated rings. The Labute approximate surface area is 456 Å². The van der Waals surface area contributed by atoms with Crippen LogP contribution in [-0.4, -0.2) is 102 Å². The Morgan fingerprint density at radius 1 is 0.553 bits per heavy atom. The predicted molar refractivity (Wildman–Crippen MR) is 312 cm³/mol. The number of unbranched alkanes of at least 4 members (excludes halogenated alkanes) is 2. The summed E-state index contributed by atoms with van der Waals surface area (Å²) in [6.45, 7) is 3.45. The van der Waals surface area contributed by atoms with E-state index in [0.717, 1.165) is 73.6 Å². The van der Waals surface area contributed by atoms with Gasteiger partial charge in [-0.3, -0.25) is 24.1 Å². The van der Waals surface area contributed by atoms with Gasteiger partial charge >= 0.3 is 0 Å². The summed E-state index contributed by atoms with van der Waals surface area (Å²) in [5.41, 5.74) is 47.9. The van der Waals surface area contributed by atoms with Crippen molar-refractivity contribution in [1.82, 2.24) is 19.9 Å². The number of hydrogen-bond acceptors (Lipinski definition) is 18. The number of nitrogens with two attached hydrogens (primary N) is 8. The molecule has 0 amide bonds. The molecular weight excluding hydrogens is 1040 g/mol. The number of rotatable bonds is 24. The van der Waals surface area contributed by atoms with Crippen LogP contribution in [0, 0.1) is 0 Å². The van der Waals surface area contributed by atoms with Crippen LogP contribution in [0.1, 0.15) is 106 Å². The maximum absolute atomic E-state index is 12.4. The number of Topliss-reactive ketones (excluding diaryl/α,β-unsaturated/α-hetero) is 2. The molecule has 0 atom stereocenters. The number of amidine groups is 2. The number of ketones is 2. The smallest absolute Gasteiger partial charge is 0.261 e. The second-order valence-electron chi connectivity index (χ2n) is 16.4. The molecule has 0 spiro atoms. The largest absolute Gasteiger partial charge is 0.493 e. The lowest BCUT2D eigenvalue weighted by Gasteiger charge is -2.12. The van der Waals surface area contributed by atoms with Crippen molar-refractivity contribution in [3.05, 3.63) is 106 Å². The van der Waals surface area contributed by atoms with Crippen LogP contribution in [0.3, 0.4) is 0 Å². The van der Waals surface area contributed by atoms with Gasteiger partial charge in [-0.1, -0.05) is 106 Å². The van der Waals surface area contributed by atoms with Crippen molar-refractivity contribution in [2.75, 3.05) is 68.6 Å². The zero-order valence-electron chi connectivity index (χ0n) is 40.6. The van der Waals surface area contributed by atoms with E-state index in [-0.39, 0.29) is 91.8 Å². The summed E-state index contributed by atoms with van der Waals surface area (Å²) >= 11 is 11.7. The molecule has 0 aliphatic carbocycles. The van der Waals surface area contributed by atoms with Gasteiger partial charge in [-0.05, 0) is 98.5 Å². The molecule has 4 aromatic carbocycles. The molecular formula is C52H76Cl2N14O7S. The predicted octanol–water partition coefficient (Wildman–Crippen LogP) is 7.67. The quantitative estimate of drug-likeness (QED) is 0.00922. The highest BCUT2D eigenvalue weighted by Gasteiger charge is 2.19. The summed E-state index contributed by atoms with van der Waals surface area (Å²) in [7, 11) is -3.67. The molecule has 76 heavy (non-hydrogen) atoms. The van der Waals surface area contributed by atoms with E-state index in [1.54, 1.807) is 0 Å². The van der Waals surface area contributed by atoms with Crippen molar-refractivity contribution in [3.8, 4) is 11.5 Å². The van der Waals surface area contributed by atoms with Crippen molar-refractivity contribution >= 4 is 101 Å². The van der Waals surface area contributed by atoms with Gasteiger partial charge in [-0.15, -0.1) is 0 Å². The molecule has 0 saturated carbocycles. The molecule has 6 rings (SSSR count). The first-order valence-corrected chi connectivity index (χ1v) is 25.8. The number of aliphatic imine (C=N–C) groups is 2. The Hall–Kier alpha value is -6.95. The van der Waals surface area contributed by atoms with Gasteiger partial charge < -0.3 is 55.3 Å². The monoisotopic (exact) mass is 1110 g/mol. The summed E-state index contributed by atoms with van der Waals surface area (Å²) in [6.07, 6.45) is 7.42. The van der Waals surface area contributed by atoms with Gasteiger partial charge in [0.05, 0.1) is 32.3 Å². The maximum Gasteiger partial charge on any atom is 0.261 e. The Kier molecular flexibility index (Phi) is 29.9. The minimum atomic E-state index is -3.67. The molecule has 0 radical (unpaired) electrons. The van der Waals surface area contributed by atoms with E-state index in [2.05, 4.69) is 66.3 Å². The first-order valence-electron chi connectivity index (χ1n) is 23.2. The van der Waals surface area contributed by atoms with E-state index >= 15 is 0 Å². The molecule has 6 aromatic rings. The second kappa shape index (κ2) is 33.9. The van der Waals surface area contributed by atoms with Crippen LogP contribution in [0.25, 0.3) is 21.5 Å². The summed E-state index contributed by atoms with van der Waals surface area (Å²) in [5.74, 6) is 1.14. The highest BCUT2D eigenvalue weighted by atomic mass is 35.5. The fourth-order valence-electron chi connectivity index (χ4n) is 7.09. The van der Waals surface area contributed by atoms with Crippen molar-refractivity contribution in [3.63, 3.8) is 0 Å². The number of aryl methyl sites for hydroxylation is 2. The number of nitrogens with zero attached hydrogens (tertiary/aromatic N) is 6. The van der Waals surface area contributed by atoms with E-state index < -0.39 is 21.7 Å². The summed E-state index contributed by atoms with van der Waals surface area (Å²) in [5, 5.41) is 4.42. The van der Waals surface area contributed by atoms with Gasteiger partial charge in [0.25, 0.3) is 10.1 Å². The normalized spacial score (nSPS) is 11.2. The maximum atomic E-state index is 12.4. The SMILES string of the molecule is C.C.C.CS(=O)(=O)O.NCCCOc1ccc(CCCCN=C(N)CC(=O)c2nc(Cl)c(N)nc2N)c2ccccc12.NCCCOc1ccc(CCCCN=C(N)CC(=O)c2nc(Cl)c(N)nc2N)c2ccccc12. The van der Waals surface area contributed by atoms with Gasteiger partial charge in [-0.25, -0.2) is 19.9 Å². The van der Waals surface area contributed by atoms with E-state index in [1.165, 1.54) is 21.9 Å². The zero-order valence-corrected chi connectivity index (χ0v) is 42.9. The molecule has 21 nitrogen and oxygen atoms in total. The number of carbonyl (C=O) groups excluding carboxylic acids is 2. The van der Waals surface area contributed by atoms with E-state index in [9.17, 15) is 18.0 Å². The highest BCUT2D eigenvalue weighted by molar-refractivity contribution is 7.85. The van der Waals surface area contributed by atoms with Crippen molar-refractivity contribution in [1.29, 1.82) is 0 Å². The topological polar surface area (TPSA) is 391 Å². The number of nitrogen functional groups attached to an aromatic ring is 4. The Morgan fingerprint density at radius 3 is 1.24 bits per heavy atom. The number of benzene rings is 4. The van der Waals surface area contributed by atoms with Gasteiger partial charge in [-0.2, -0.15) is 8.42 Å². The van der Waals surface area contributed by atoms with Crippen molar-refractivity contribution in [2.24, 2.45) is 32.9 Å². The first kappa shape index (κ1) is 67.1. The third kappa shape index (κ3) is 22.1. The molecule has 0 bridgehead atoms. The second-order valence-corrected chi connectivity index (χ2v) is 18.6. The Balaban J connectivity index is 0.000000673. The molecule has 0 aliphatic heterocycles. The van der Waals surface area contributed by atoms with Crippen LogP contribution in [0.5, 0.6) is 11.5 Å². The van der Waals surface area contributed by atoms with Crippen LogP contribution >= 0.6 is 23.2 Å². The first-order chi connectivity index (χ1) is 34.8. The lowest BCUT2D eigenvalue weighted by atomic mass is 9.99. The third-order valence-corrected chi connectivity index (χ3v) is 11.1. The van der Waals surface area contributed by atoms with E-state index in [1.807, 2.05) is 36.4 Å². The van der Waals surface area contributed by atoms with Crippen LogP contribution < -0.4 is 55.3 Å². The van der Waals surface area contributed by atoms with Gasteiger partial charge in [0.1, 0.15) is 23.2 Å². The average Bonchev–Trinajstić information content (AvgIpc) is 3.34. The summed E-state index contributed by atoms with van der Waals surface area (Å²) < 4.78 is 37.7. The number of fused-ring (bicyclic) bond motifs is 2. The average molecular weight is 1110 g/mol. The van der Waals surface area contributed by atoms with Crippen molar-refractivity contribution in [2.45, 2.75) is 86.5 Å². The summed E-state index contributed by atoms with van der Waals surface area (Å²) in [6, 6.07) is 24.7. The fourth-order valence-corrected chi connectivity index (χ4v) is 7.34. The minimum Gasteiger partial charge on any atom is -0.493 e. The number of ether oxygens (including phenoxy) is 2. The van der Waals surface area contributed by atoms with E-state index in [0.29, 0.717) is 45.6 Å². The van der Waals surface area contributed by atoms with Gasteiger partial charge in [0.2, 0.25) is 0 Å². The Morgan fingerprint density at radius 2 is 0.895 bits per heavy atom. The number of anilines is 4. The lowest BCUT2D eigenvalue weighted by molar-refractivity contribution is 0.0988. The molecule has 0 unspecified atom stereocenters. The molecule has 24 heteroatoms. The molecule has 416 valence electrons. The summed E-state index contributed by atoms with van der Waals surface area (Å²) in [4.78, 5) is 48.8. The third-order valence-electron chi connectivity index (χ3n) is 10.5. The number of halogens is 2. The van der Waals surface area contributed by atoms with Crippen LogP contribution in [0.4, 0.5) is 23.3 Å². The molecule has 0 aliphatic rings. The Bertz CT molecular complexity index is 2810. The standard InChI is InChI=1S/2C24H30ClN7O2.CH4O3S.3CH4/c2*25-22-24(29)32-23(28)21(31-22)18(33)14-20(27)30-12-4-3-6-15-9-10-19(34-13-5-11-26)17-8-2-1-7-16(15)17;1-5(2,3)4;;;/h2*1-2,7-10H,3-6,11-14,26H2,(H2,27,30)(H4,28,29,32);1H3,(H,2,3,4);3*1H4. The fraction of sp³-hybridized carbons (Fsp3) is 0.385. The molecule has 0 saturated heterocycles. The van der Waals surface area contributed by atoms with Crippen LogP contribution in [-0.2, 0) is 23.0 Å². The molecule has 2 heterocycles. The van der Waals surface area contributed by atoms with Gasteiger partial charge in [0.15, 0.2) is 56.5 Å². The van der Waals surface area contributed by atoms with Gasteiger partial charge in [0, 0.05) is 23.9 Å². The number of carbonyl (C=O) groups is 2. The number of hydrogen-bond donors (Lipinski definition) is 9.